The van der Waals surface area contributed by atoms with Gasteiger partial charge in [-0.3, -0.25) is 0 Å². The molecule has 0 spiro atoms. The average Bonchev–Trinajstić information content (AvgIpc) is 2.39. The highest BCUT2D eigenvalue weighted by molar-refractivity contribution is 7.90. The standard InChI is InChI=1S/C13H16FN3O2S/c1-9-15-11-8-12(17-5-3-2-4-6-17)10(14)7-13(11)20(18,19)16-9/h7-8H,2-6H2,1H3,(H,15,16). The number of piperidine rings is 1. The molecule has 1 saturated heterocycles. The number of anilines is 2. The van der Waals surface area contributed by atoms with Gasteiger partial charge in [-0.1, -0.05) is 0 Å². The second kappa shape index (κ2) is 4.73. The molecular formula is C13H16FN3O2S. The first-order valence-electron chi connectivity index (χ1n) is 6.64. The van der Waals surface area contributed by atoms with Crippen LogP contribution < -0.4 is 10.2 Å². The van der Waals surface area contributed by atoms with Crippen LogP contribution in [0.1, 0.15) is 26.2 Å². The van der Waals surface area contributed by atoms with Gasteiger partial charge in [-0.2, -0.15) is 8.42 Å². The van der Waals surface area contributed by atoms with Crippen molar-refractivity contribution in [3.63, 3.8) is 0 Å². The predicted octanol–water partition coefficient (Wildman–Crippen LogP) is 2.35. The highest BCUT2D eigenvalue weighted by Crippen LogP contribution is 2.34. The molecule has 2 heterocycles. The van der Waals surface area contributed by atoms with Gasteiger partial charge in [0, 0.05) is 13.1 Å². The number of hydrogen-bond donors (Lipinski definition) is 1. The molecule has 1 fully saturated rings. The van der Waals surface area contributed by atoms with E-state index in [4.69, 9.17) is 0 Å². The lowest BCUT2D eigenvalue weighted by Gasteiger charge is -2.30. The van der Waals surface area contributed by atoms with Crippen LogP contribution in [-0.4, -0.2) is 27.3 Å². The van der Waals surface area contributed by atoms with E-state index in [-0.39, 0.29) is 4.90 Å². The van der Waals surface area contributed by atoms with Crippen LogP contribution in [0.4, 0.5) is 15.8 Å². The van der Waals surface area contributed by atoms with Crippen LogP contribution in [0.3, 0.4) is 0 Å². The van der Waals surface area contributed by atoms with E-state index in [0.29, 0.717) is 17.2 Å². The highest BCUT2D eigenvalue weighted by atomic mass is 32.2. The summed E-state index contributed by atoms with van der Waals surface area (Å²) in [5.74, 6) is -0.209. The van der Waals surface area contributed by atoms with Gasteiger partial charge in [-0.25, -0.2) is 4.39 Å². The Hall–Kier alpha value is -1.63. The molecule has 2 aliphatic heterocycles. The fourth-order valence-corrected chi connectivity index (χ4v) is 3.82. The largest absolute Gasteiger partial charge is 0.369 e. The minimum Gasteiger partial charge on any atom is -0.369 e. The number of halogens is 1. The van der Waals surface area contributed by atoms with Gasteiger partial charge in [-0.05, 0) is 38.3 Å². The van der Waals surface area contributed by atoms with Gasteiger partial charge in [0.05, 0.1) is 11.4 Å². The molecular weight excluding hydrogens is 281 g/mol. The van der Waals surface area contributed by atoms with Gasteiger partial charge in [0.25, 0.3) is 10.0 Å². The Bertz CT molecular complexity index is 679. The molecule has 3 rings (SSSR count). The van der Waals surface area contributed by atoms with Gasteiger partial charge in [0.2, 0.25) is 0 Å². The SMILES string of the molecule is CC1=NS(=O)(=O)c2cc(F)c(N3CCCCC3)cc2N1. The van der Waals surface area contributed by atoms with E-state index < -0.39 is 15.8 Å². The topological polar surface area (TPSA) is 61.8 Å². The quantitative estimate of drug-likeness (QED) is 0.864. The second-order valence-electron chi connectivity index (χ2n) is 5.12. The Kier molecular flexibility index (Phi) is 3.16. The summed E-state index contributed by atoms with van der Waals surface area (Å²) in [5, 5.41) is 2.90. The van der Waals surface area contributed by atoms with Crippen LogP contribution in [0.2, 0.25) is 0 Å². The predicted molar refractivity (Wildman–Crippen MR) is 76.4 cm³/mol. The summed E-state index contributed by atoms with van der Waals surface area (Å²) in [6.45, 7) is 3.18. The Morgan fingerprint density at radius 2 is 1.95 bits per heavy atom. The van der Waals surface area contributed by atoms with Crippen molar-refractivity contribution in [3.8, 4) is 0 Å². The van der Waals surface area contributed by atoms with Crippen LogP contribution in [0.25, 0.3) is 0 Å². The molecule has 0 aliphatic carbocycles. The minimum atomic E-state index is -3.79. The molecule has 7 heteroatoms. The first kappa shape index (κ1) is 13.4. The van der Waals surface area contributed by atoms with Crippen LogP contribution in [0.5, 0.6) is 0 Å². The van der Waals surface area contributed by atoms with E-state index in [1.165, 1.54) is 0 Å². The molecule has 0 radical (unpaired) electrons. The summed E-state index contributed by atoms with van der Waals surface area (Å²) in [6.07, 6.45) is 3.22. The number of rotatable bonds is 1. The lowest BCUT2D eigenvalue weighted by Crippen LogP contribution is -2.30. The van der Waals surface area contributed by atoms with E-state index in [1.54, 1.807) is 13.0 Å². The molecule has 0 saturated carbocycles. The number of benzene rings is 1. The highest BCUT2D eigenvalue weighted by Gasteiger charge is 2.27. The number of fused-ring (bicyclic) bond motifs is 1. The van der Waals surface area contributed by atoms with Crippen LogP contribution >= 0.6 is 0 Å². The summed E-state index contributed by atoms with van der Waals surface area (Å²) in [6, 6.07) is 2.64. The van der Waals surface area contributed by atoms with Gasteiger partial charge >= 0.3 is 0 Å². The number of nitrogens with one attached hydrogen (secondary N) is 1. The zero-order chi connectivity index (χ0) is 14.3. The van der Waals surface area contributed by atoms with Crippen LogP contribution in [-0.2, 0) is 10.0 Å². The van der Waals surface area contributed by atoms with Crippen molar-refractivity contribution >= 4 is 27.2 Å². The van der Waals surface area contributed by atoms with Crippen molar-refractivity contribution in [1.82, 2.24) is 0 Å². The molecule has 0 amide bonds. The smallest absolute Gasteiger partial charge is 0.286 e. The summed E-state index contributed by atoms with van der Waals surface area (Å²) in [7, 11) is -3.79. The van der Waals surface area contributed by atoms with Crippen molar-refractivity contribution in [1.29, 1.82) is 0 Å². The molecule has 1 aromatic carbocycles. The Morgan fingerprint density at radius 1 is 1.25 bits per heavy atom. The van der Waals surface area contributed by atoms with Crippen molar-refractivity contribution in [2.75, 3.05) is 23.3 Å². The monoisotopic (exact) mass is 297 g/mol. The van der Waals surface area contributed by atoms with E-state index in [9.17, 15) is 12.8 Å². The van der Waals surface area contributed by atoms with Crippen LogP contribution in [0.15, 0.2) is 21.4 Å². The van der Waals surface area contributed by atoms with E-state index in [1.807, 2.05) is 4.90 Å². The summed E-state index contributed by atoms with van der Waals surface area (Å²) >= 11 is 0. The molecule has 1 N–H and O–H groups in total. The molecule has 5 nitrogen and oxygen atoms in total. The van der Waals surface area contributed by atoms with Gasteiger partial charge in [-0.15, -0.1) is 4.40 Å². The molecule has 2 aliphatic rings. The maximum atomic E-state index is 14.2. The zero-order valence-electron chi connectivity index (χ0n) is 11.2. The van der Waals surface area contributed by atoms with Crippen molar-refractivity contribution in [2.45, 2.75) is 31.1 Å². The molecule has 0 aromatic heterocycles. The van der Waals surface area contributed by atoms with E-state index in [0.717, 1.165) is 38.4 Å². The third kappa shape index (κ3) is 2.26. The maximum absolute atomic E-state index is 14.2. The van der Waals surface area contributed by atoms with Crippen LogP contribution in [0, 0.1) is 5.82 Å². The van der Waals surface area contributed by atoms with Gasteiger partial charge in [0.1, 0.15) is 16.5 Å². The third-order valence-electron chi connectivity index (χ3n) is 3.60. The molecule has 108 valence electrons. The molecule has 1 aromatic rings. The Labute approximate surface area is 117 Å². The number of nitrogens with zero attached hydrogens (tertiary/aromatic N) is 2. The van der Waals surface area contributed by atoms with E-state index >= 15 is 0 Å². The Morgan fingerprint density at radius 3 is 2.65 bits per heavy atom. The lowest BCUT2D eigenvalue weighted by molar-refractivity contribution is 0.554. The van der Waals surface area contributed by atoms with Gasteiger partial charge in [0.15, 0.2) is 0 Å². The first-order valence-corrected chi connectivity index (χ1v) is 8.08. The average molecular weight is 297 g/mol. The molecule has 0 unspecified atom stereocenters. The summed E-state index contributed by atoms with van der Waals surface area (Å²) in [4.78, 5) is 1.87. The zero-order valence-corrected chi connectivity index (χ0v) is 12.0. The molecule has 20 heavy (non-hydrogen) atoms. The van der Waals surface area contributed by atoms with Crippen molar-refractivity contribution < 1.29 is 12.8 Å². The lowest BCUT2D eigenvalue weighted by atomic mass is 10.1. The number of hydrogen-bond acceptors (Lipinski definition) is 4. The van der Waals surface area contributed by atoms with Crippen molar-refractivity contribution in [2.24, 2.45) is 4.40 Å². The first-order chi connectivity index (χ1) is 9.47. The Balaban J connectivity index is 2.07. The minimum absolute atomic E-state index is 0.0960. The van der Waals surface area contributed by atoms with Crippen molar-refractivity contribution in [3.05, 3.63) is 17.9 Å². The summed E-state index contributed by atoms with van der Waals surface area (Å²) in [5.41, 5.74) is 0.861. The molecule has 0 bridgehead atoms. The normalized spacial score (nSPS) is 20.9. The summed E-state index contributed by atoms with van der Waals surface area (Å²) < 4.78 is 41.6. The second-order valence-corrected chi connectivity index (χ2v) is 6.70. The fourth-order valence-electron chi connectivity index (χ4n) is 2.68. The van der Waals surface area contributed by atoms with Gasteiger partial charge < -0.3 is 10.2 Å². The number of sulfonamides is 1. The number of amidine groups is 1. The maximum Gasteiger partial charge on any atom is 0.286 e. The molecule has 0 atom stereocenters. The fraction of sp³-hybridized carbons (Fsp3) is 0.462. The van der Waals surface area contributed by atoms with E-state index in [2.05, 4.69) is 9.71 Å². The third-order valence-corrected chi connectivity index (χ3v) is 5.00.